The second-order valence-electron chi connectivity index (χ2n) is 6.38. The molecule has 1 saturated heterocycles. The molecule has 0 bridgehead atoms. The molecule has 3 aromatic rings. The molecule has 0 amide bonds. The fraction of sp³-hybridized carbons (Fsp3) is 0.200. The Morgan fingerprint density at radius 3 is 2.57 bits per heavy atom. The first-order valence-corrected chi connectivity index (χ1v) is 7.93. The summed E-state index contributed by atoms with van der Waals surface area (Å²) in [5, 5.41) is 4.83. The minimum Gasteiger partial charge on any atom is -0.392 e. The van der Waals surface area contributed by atoms with Crippen LogP contribution in [0.1, 0.15) is 23.5 Å². The van der Waals surface area contributed by atoms with E-state index in [9.17, 15) is 9.59 Å². The van der Waals surface area contributed by atoms with E-state index in [0.717, 1.165) is 12.0 Å². The minimum absolute atomic E-state index is 0.298. The van der Waals surface area contributed by atoms with Crippen LogP contribution in [0.2, 0.25) is 0 Å². The summed E-state index contributed by atoms with van der Waals surface area (Å²) in [4.78, 5) is 23.9. The molecule has 0 N–H and O–H groups in total. The normalized spacial score (nSPS) is 23.0. The van der Waals surface area contributed by atoms with E-state index in [1.165, 1.54) is 27.1 Å². The second kappa shape index (κ2) is 4.42. The van der Waals surface area contributed by atoms with E-state index in [2.05, 4.69) is 30.3 Å². The van der Waals surface area contributed by atoms with Crippen LogP contribution in [0.25, 0.3) is 21.5 Å². The Morgan fingerprint density at radius 2 is 1.65 bits per heavy atom. The molecule has 3 heteroatoms. The van der Waals surface area contributed by atoms with Gasteiger partial charge in [-0.1, -0.05) is 48.5 Å². The molecule has 2 atom stereocenters. The van der Waals surface area contributed by atoms with Gasteiger partial charge in [-0.05, 0) is 45.5 Å². The Hall–Kier alpha value is -2.68. The fourth-order valence-electron chi connectivity index (χ4n) is 4.20. The summed E-state index contributed by atoms with van der Waals surface area (Å²) in [7, 11) is 0. The van der Waals surface area contributed by atoms with Crippen molar-refractivity contribution in [1.82, 2.24) is 0 Å². The van der Waals surface area contributed by atoms with Gasteiger partial charge in [-0.15, -0.1) is 0 Å². The molecule has 0 radical (unpaired) electrons. The van der Waals surface area contributed by atoms with Crippen LogP contribution in [-0.4, -0.2) is 11.9 Å². The first kappa shape index (κ1) is 12.8. The molecule has 0 aromatic heterocycles. The fourth-order valence-corrected chi connectivity index (χ4v) is 4.20. The molecule has 1 fully saturated rings. The number of ether oxygens (including phenoxy) is 1. The lowest BCUT2D eigenvalue weighted by atomic mass is 9.75. The molecule has 1 aliphatic carbocycles. The average molecular weight is 302 g/mol. The third-order valence-electron chi connectivity index (χ3n) is 5.27. The van der Waals surface area contributed by atoms with E-state index in [1.54, 1.807) is 0 Å². The van der Waals surface area contributed by atoms with Gasteiger partial charge in [-0.25, -0.2) is 0 Å². The van der Waals surface area contributed by atoms with E-state index in [-0.39, 0.29) is 17.9 Å². The molecule has 2 unspecified atom stereocenters. The molecule has 3 aromatic carbocycles. The van der Waals surface area contributed by atoms with Gasteiger partial charge in [0.25, 0.3) is 0 Å². The Kier molecular flexibility index (Phi) is 2.46. The van der Waals surface area contributed by atoms with Gasteiger partial charge in [-0.2, -0.15) is 0 Å². The summed E-state index contributed by atoms with van der Waals surface area (Å²) < 4.78 is 4.87. The molecule has 5 rings (SSSR count). The van der Waals surface area contributed by atoms with E-state index in [4.69, 9.17) is 4.74 Å². The molecular weight excluding hydrogens is 288 g/mol. The van der Waals surface area contributed by atoms with Crippen LogP contribution < -0.4 is 0 Å². The average Bonchev–Trinajstić information content (AvgIpc) is 2.88. The molecule has 3 nitrogen and oxygen atoms in total. The Bertz CT molecular complexity index is 1000. The summed E-state index contributed by atoms with van der Waals surface area (Å²) in [6, 6.07) is 16.7. The van der Waals surface area contributed by atoms with Gasteiger partial charge in [0.1, 0.15) is 0 Å². The van der Waals surface area contributed by atoms with E-state index < -0.39 is 5.92 Å². The standard InChI is InChI=1S/C20H14O3/c21-19-17-10-8-15-14-6-5-11-3-1-2-4-12(11)13(14)7-9-16(15)18(17)20(22)23-19/h1-7,9,17-18H,8,10H2. The maximum absolute atomic E-state index is 12.1. The van der Waals surface area contributed by atoms with Crippen molar-refractivity contribution in [2.45, 2.75) is 18.8 Å². The predicted octanol–water partition coefficient (Wildman–Crippen LogP) is 3.72. The number of aryl methyl sites for hydroxylation is 1. The number of esters is 2. The smallest absolute Gasteiger partial charge is 0.321 e. The third-order valence-corrected chi connectivity index (χ3v) is 5.27. The lowest BCUT2D eigenvalue weighted by molar-refractivity contribution is -0.153. The highest BCUT2D eigenvalue weighted by Crippen LogP contribution is 2.44. The topological polar surface area (TPSA) is 43.4 Å². The van der Waals surface area contributed by atoms with Gasteiger partial charge in [-0.3, -0.25) is 9.59 Å². The van der Waals surface area contributed by atoms with Crippen LogP contribution in [0, 0.1) is 5.92 Å². The summed E-state index contributed by atoms with van der Waals surface area (Å²) in [5.74, 6) is -1.46. The zero-order valence-corrected chi connectivity index (χ0v) is 12.4. The number of carbonyl (C=O) groups excluding carboxylic acids is 2. The number of rotatable bonds is 0. The second-order valence-corrected chi connectivity index (χ2v) is 6.38. The predicted molar refractivity (Wildman–Crippen MR) is 87.1 cm³/mol. The van der Waals surface area contributed by atoms with Crippen LogP contribution >= 0.6 is 0 Å². The van der Waals surface area contributed by atoms with Crippen LogP contribution in [0.4, 0.5) is 0 Å². The molecule has 112 valence electrons. The number of carbonyl (C=O) groups is 2. The van der Waals surface area contributed by atoms with Crippen LogP contribution in [0.3, 0.4) is 0 Å². The Labute approximate surface area is 132 Å². The monoisotopic (exact) mass is 302 g/mol. The molecule has 0 spiro atoms. The summed E-state index contributed by atoms with van der Waals surface area (Å²) in [6.07, 6.45) is 1.50. The zero-order valence-electron chi connectivity index (χ0n) is 12.4. The van der Waals surface area contributed by atoms with E-state index >= 15 is 0 Å². The molecular formula is C20H14O3. The molecule has 1 aliphatic heterocycles. The Morgan fingerprint density at radius 1 is 0.826 bits per heavy atom. The van der Waals surface area contributed by atoms with E-state index in [1.807, 2.05) is 18.2 Å². The maximum atomic E-state index is 12.1. The van der Waals surface area contributed by atoms with Crippen molar-refractivity contribution in [3.05, 3.63) is 59.7 Å². The van der Waals surface area contributed by atoms with Crippen molar-refractivity contribution in [3.8, 4) is 0 Å². The summed E-state index contributed by atoms with van der Waals surface area (Å²) in [6.45, 7) is 0. The highest BCUT2D eigenvalue weighted by atomic mass is 16.6. The van der Waals surface area contributed by atoms with Crippen molar-refractivity contribution in [3.63, 3.8) is 0 Å². The SMILES string of the molecule is O=C1OC(=O)C2c3ccc4c(ccc5ccccc54)c3CCC12. The molecule has 2 aliphatic rings. The number of hydrogen-bond donors (Lipinski definition) is 0. The third kappa shape index (κ3) is 1.65. The van der Waals surface area contributed by atoms with Crippen molar-refractivity contribution in [1.29, 1.82) is 0 Å². The number of fused-ring (bicyclic) bond motifs is 7. The number of benzene rings is 3. The van der Waals surface area contributed by atoms with Crippen molar-refractivity contribution in [2.24, 2.45) is 5.92 Å². The largest absolute Gasteiger partial charge is 0.392 e. The number of cyclic esters (lactones) is 2. The first-order valence-electron chi connectivity index (χ1n) is 7.93. The lowest BCUT2D eigenvalue weighted by Gasteiger charge is -2.25. The number of hydrogen-bond acceptors (Lipinski definition) is 3. The van der Waals surface area contributed by atoms with Gasteiger partial charge < -0.3 is 4.74 Å². The first-order chi connectivity index (χ1) is 11.2. The van der Waals surface area contributed by atoms with Crippen LogP contribution in [0.5, 0.6) is 0 Å². The highest BCUT2D eigenvalue weighted by Gasteiger charge is 2.47. The minimum atomic E-state index is -0.415. The quantitative estimate of drug-likeness (QED) is 0.361. The van der Waals surface area contributed by atoms with Gasteiger partial charge in [0.05, 0.1) is 11.8 Å². The molecule has 0 saturated carbocycles. The summed E-state index contributed by atoms with van der Waals surface area (Å²) >= 11 is 0. The van der Waals surface area contributed by atoms with Crippen molar-refractivity contribution < 1.29 is 14.3 Å². The van der Waals surface area contributed by atoms with Crippen LogP contribution in [0.15, 0.2) is 48.5 Å². The highest BCUT2D eigenvalue weighted by molar-refractivity contribution is 6.10. The Balaban J connectivity index is 1.81. The van der Waals surface area contributed by atoms with Crippen molar-refractivity contribution in [2.75, 3.05) is 0 Å². The molecule has 1 heterocycles. The molecule has 23 heavy (non-hydrogen) atoms. The van der Waals surface area contributed by atoms with Gasteiger partial charge in [0, 0.05) is 0 Å². The zero-order chi connectivity index (χ0) is 15.6. The van der Waals surface area contributed by atoms with Gasteiger partial charge in [0.2, 0.25) is 0 Å². The van der Waals surface area contributed by atoms with E-state index in [0.29, 0.717) is 6.42 Å². The van der Waals surface area contributed by atoms with Crippen LogP contribution in [-0.2, 0) is 20.7 Å². The maximum Gasteiger partial charge on any atom is 0.321 e. The lowest BCUT2D eigenvalue weighted by Crippen LogP contribution is -2.23. The summed E-state index contributed by atoms with van der Waals surface area (Å²) in [5.41, 5.74) is 2.17. The van der Waals surface area contributed by atoms with Gasteiger partial charge in [0.15, 0.2) is 0 Å². The van der Waals surface area contributed by atoms with Gasteiger partial charge >= 0.3 is 11.9 Å². The van der Waals surface area contributed by atoms with Crippen molar-refractivity contribution >= 4 is 33.5 Å².